The molecule has 1 amide bonds. The van der Waals surface area contributed by atoms with Crippen molar-refractivity contribution in [2.24, 2.45) is 22.2 Å². The fourth-order valence-corrected chi connectivity index (χ4v) is 2.41. The Kier molecular flexibility index (Phi) is 3.22. The van der Waals surface area contributed by atoms with Crippen LogP contribution in [0.5, 0.6) is 0 Å². The lowest BCUT2D eigenvalue weighted by molar-refractivity contribution is -0.133. The van der Waals surface area contributed by atoms with Crippen LogP contribution in [0.15, 0.2) is 21.9 Å². The van der Waals surface area contributed by atoms with Gasteiger partial charge in [0.25, 0.3) is 0 Å². The van der Waals surface area contributed by atoms with E-state index in [4.69, 9.17) is 15.5 Å². The smallest absolute Gasteiger partial charge is 0.234 e. The summed E-state index contributed by atoms with van der Waals surface area (Å²) in [5, 5.41) is 18.0. The molecular weight excluding hydrogens is 236 g/mol. The number of oxime groups is 1. The Morgan fingerprint density at radius 1 is 1.78 bits per heavy atom. The lowest BCUT2D eigenvalue weighted by Gasteiger charge is -2.43. The van der Waals surface area contributed by atoms with Gasteiger partial charge in [-0.3, -0.25) is 4.79 Å². The molecule has 1 aliphatic carbocycles. The Labute approximate surface area is 104 Å². The molecule has 7 heteroatoms. The molecule has 1 aliphatic rings. The summed E-state index contributed by atoms with van der Waals surface area (Å²) >= 11 is 0. The minimum atomic E-state index is -0.881. The van der Waals surface area contributed by atoms with E-state index in [9.17, 15) is 4.79 Å². The molecule has 0 aromatic carbocycles. The highest BCUT2D eigenvalue weighted by molar-refractivity contribution is 6.07. The molecule has 1 saturated carbocycles. The summed E-state index contributed by atoms with van der Waals surface area (Å²) < 4.78 is 4.88. The number of amides is 1. The summed E-state index contributed by atoms with van der Waals surface area (Å²) in [4.78, 5) is 12.1. The van der Waals surface area contributed by atoms with Crippen molar-refractivity contribution in [3.63, 3.8) is 0 Å². The van der Waals surface area contributed by atoms with Crippen molar-refractivity contribution in [1.29, 1.82) is 0 Å². The summed E-state index contributed by atoms with van der Waals surface area (Å²) in [6, 6.07) is 1.67. The van der Waals surface area contributed by atoms with E-state index in [0.717, 1.165) is 0 Å². The van der Waals surface area contributed by atoms with E-state index in [0.29, 0.717) is 24.5 Å². The number of carbonyl (C=O) groups is 1. The van der Waals surface area contributed by atoms with Gasteiger partial charge in [0.05, 0.1) is 12.7 Å². The van der Waals surface area contributed by atoms with Crippen LogP contribution >= 0.6 is 0 Å². The predicted octanol–water partition coefficient (Wildman–Crippen LogP) is 0.453. The summed E-state index contributed by atoms with van der Waals surface area (Å²) in [5.74, 6) is 0.676. The third-order valence-corrected chi connectivity index (χ3v) is 3.34. The number of aromatic nitrogens is 1. The van der Waals surface area contributed by atoms with E-state index < -0.39 is 5.41 Å². The van der Waals surface area contributed by atoms with Crippen molar-refractivity contribution in [3.8, 4) is 0 Å². The van der Waals surface area contributed by atoms with Crippen LogP contribution in [0.25, 0.3) is 0 Å². The zero-order valence-corrected chi connectivity index (χ0v) is 10.1. The molecule has 1 aromatic rings. The molecule has 0 bridgehead atoms. The molecule has 1 heterocycles. The van der Waals surface area contributed by atoms with Crippen LogP contribution in [0.4, 0.5) is 0 Å². The molecule has 18 heavy (non-hydrogen) atoms. The number of nitrogens with two attached hydrogens (primary N) is 1. The van der Waals surface area contributed by atoms with Crippen LogP contribution in [0.3, 0.4) is 0 Å². The Morgan fingerprint density at radius 2 is 2.50 bits per heavy atom. The lowest BCUT2D eigenvalue weighted by Crippen LogP contribution is -2.56. The second-order valence-corrected chi connectivity index (χ2v) is 4.74. The summed E-state index contributed by atoms with van der Waals surface area (Å²) in [7, 11) is 0. The largest absolute Gasteiger partial charge is 0.409 e. The van der Waals surface area contributed by atoms with Crippen LogP contribution in [-0.4, -0.2) is 22.1 Å². The SMILES string of the molecule is CC1CC(C(=O)NCc2ccno2)(C(N)=NO)C1. The molecular formula is C11H16N4O3. The Balaban J connectivity index is 2.01. The Bertz CT molecular complexity index is 449. The van der Waals surface area contributed by atoms with Gasteiger partial charge in [-0.15, -0.1) is 0 Å². The fraction of sp³-hybridized carbons (Fsp3) is 0.545. The second-order valence-electron chi connectivity index (χ2n) is 4.74. The Hall–Kier alpha value is -2.05. The number of hydrogen-bond acceptors (Lipinski definition) is 5. The molecule has 1 fully saturated rings. The maximum absolute atomic E-state index is 12.1. The third-order valence-electron chi connectivity index (χ3n) is 3.34. The molecule has 0 atom stereocenters. The average Bonchev–Trinajstić information content (AvgIpc) is 2.83. The van der Waals surface area contributed by atoms with Gasteiger partial charge in [-0.1, -0.05) is 17.2 Å². The average molecular weight is 252 g/mol. The molecule has 1 aromatic heterocycles. The summed E-state index contributed by atoms with van der Waals surface area (Å²) in [5.41, 5.74) is 4.75. The van der Waals surface area contributed by atoms with Crippen molar-refractivity contribution in [2.75, 3.05) is 0 Å². The third kappa shape index (κ3) is 2.03. The van der Waals surface area contributed by atoms with Gasteiger partial charge in [-0.25, -0.2) is 0 Å². The van der Waals surface area contributed by atoms with Crippen LogP contribution < -0.4 is 11.1 Å². The first-order valence-electron chi connectivity index (χ1n) is 5.74. The first kappa shape index (κ1) is 12.4. The fourth-order valence-electron chi connectivity index (χ4n) is 2.41. The number of nitrogens with one attached hydrogen (secondary N) is 1. The van der Waals surface area contributed by atoms with Crippen LogP contribution in [-0.2, 0) is 11.3 Å². The first-order valence-corrected chi connectivity index (χ1v) is 5.74. The topological polar surface area (TPSA) is 114 Å². The van der Waals surface area contributed by atoms with Gasteiger partial charge < -0.3 is 20.8 Å². The van der Waals surface area contributed by atoms with E-state index >= 15 is 0 Å². The number of rotatable bonds is 4. The number of hydrogen-bond donors (Lipinski definition) is 3. The maximum Gasteiger partial charge on any atom is 0.234 e. The van der Waals surface area contributed by atoms with Crippen molar-refractivity contribution in [3.05, 3.63) is 18.0 Å². The van der Waals surface area contributed by atoms with Crippen molar-refractivity contribution < 1.29 is 14.5 Å². The zero-order valence-electron chi connectivity index (χ0n) is 10.1. The van der Waals surface area contributed by atoms with Gasteiger partial charge in [0.1, 0.15) is 5.41 Å². The van der Waals surface area contributed by atoms with Crippen LogP contribution in [0.1, 0.15) is 25.5 Å². The second kappa shape index (κ2) is 4.67. The minimum absolute atomic E-state index is 0.0318. The normalized spacial score (nSPS) is 27.6. The van der Waals surface area contributed by atoms with Gasteiger partial charge in [-0.05, 0) is 18.8 Å². The molecule has 0 radical (unpaired) electrons. The maximum atomic E-state index is 12.1. The van der Waals surface area contributed by atoms with E-state index in [2.05, 4.69) is 15.6 Å². The van der Waals surface area contributed by atoms with E-state index in [1.54, 1.807) is 6.07 Å². The lowest BCUT2D eigenvalue weighted by atomic mass is 9.61. The summed E-state index contributed by atoms with van der Waals surface area (Å²) in [6.45, 7) is 2.26. The molecule has 2 rings (SSSR count). The van der Waals surface area contributed by atoms with Gasteiger partial charge in [0.2, 0.25) is 5.91 Å². The first-order chi connectivity index (χ1) is 8.58. The van der Waals surface area contributed by atoms with E-state index in [1.807, 2.05) is 6.92 Å². The molecule has 0 unspecified atom stereocenters. The van der Waals surface area contributed by atoms with Crippen molar-refractivity contribution in [1.82, 2.24) is 10.5 Å². The van der Waals surface area contributed by atoms with Gasteiger partial charge in [0.15, 0.2) is 11.6 Å². The molecule has 4 N–H and O–H groups in total. The molecule has 0 spiro atoms. The highest BCUT2D eigenvalue weighted by Gasteiger charge is 2.52. The molecule has 98 valence electrons. The van der Waals surface area contributed by atoms with Gasteiger partial charge in [0, 0.05) is 6.07 Å². The van der Waals surface area contributed by atoms with Crippen molar-refractivity contribution >= 4 is 11.7 Å². The van der Waals surface area contributed by atoms with E-state index in [-0.39, 0.29) is 18.3 Å². The van der Waals surface area contributed by atoms with Crippen LogP contribution in [0, 0.1) is 11.3 Å². The highest BCUT2D eigenvalue weighted by atomic mass is 16.5. The number of nitrogens with zero attached hydrogens (tertiary/aromatic N) is 2. The highest BCUT2D eigenvalue weighted by Crippen LogP contribution is 2.45. The van der Waals surface area contributed by atoms with E-state index in [1.165, 1.54) is 6.20 Å². The molecule has 0 saturated heterocycles. The standard InChI is InChI=1S/C11H16N4O3/c1-7-4-11(5-7,9(12)15-17)10(16)13-6-8-2-3-14-18-8/h2-3,7,17H,4-6H2,1H3,(H2,12,15)(H,13,16). The van der Waals surface area contributed by atoms with Crippen LogP contribution in [0.2, 0.25) is 0 Å². The molecule has 0 aliphatic heterocycles. The summed E-state index contributed by atoms with van der Waals surface area (Å²) in [6.07, 6.45) is 2.68. The number of carbonyl (C=O) groups excluding carboxylic acids is 1. The van der Waals surface area contributed by atoms with Crippen molar-refractivity contribution in [2.45, 2.75) is 26.3 Å². The van der Waals surface area contributed by atoms with Gasteiger partial charge >= 0.3 is 0 Å². The monoisotopic (exact) mass is 252 g/mol. The van der Waals surface area contributed by atoms with Gasteiger partial charge in [-0.2, -0.15) is 0 Å². The minimum Gasteiger partial charge on any atom is -0.409 e. The molecule has 7 nitrogen and oxygen atoms in total. The quantitative estimate of drug-likeness (QED) is 0.311. The Morgan fingerprint density at radius 3 is 3.00 bits per heavy atom. The zero-order chi connectivity index (χ0) is 13.2. The predicted molar refractivity (Wildman–Crippen MR) is 62.6 cm³/mol. The number of amidine groups is 1.